The second kappa shape index (κ2) is 12.9. The van der Waals surface area contributed by atoms with E-state index in [1.807, 2.05) is 5.32 Å². The molecule has 0 saturated heterocycles. The van der Waals surface area contributed by atoms with Gasteiger partial charge in [-0.25, -0.2) is 8.78 Å². The van der Waals surface area contributed by atoms with Gasteiger partial charge in [0, 0.05) is 22.1 Å². The molecule has 17 heteroatoms. The maximum atomic E-state index is 14.7. The lowest BCUT2D eigenvalue weighted by molar-refractivity contribution is -0.348. The van der Waals surface area contributed by atoms with E-state index in [1.165, 1.54) is 24.3 Å². The van der Waals surface area contributed by atoms with Crippen LogP contribution in [0.3, 0.4) is 0 Å². The molecule has 3 rings (SSSR count). The van der Waals surface area contributed by atoms with Crippen molar-refractivity contribution in [3.8, 4) is 11.5 Å². The van der Waals surface area contributed by atoms with Crippen LogP contribution in [0.15, 0.2) is 59.1 Å². The molecule has 0 aliphatic rings. The van der Waals surface area contributed by atoms with Crippen LogP contribution < -0.4 is 19.7 Å². The smallest absolute Gasteiger partial charge is 0.435 e. The normalized spacial score (nSPS) is 12.2. The summed E-state index contributed by atoms with van der Waals surface area (Å²) < 4.78 is 143. The third kappa shape index (κ3) is 6.71. The van der Waals surface area contributed by atoms with E-state index in [0.29, 0.717) is 0 Å². The minimum absolute atomic E-state index is 0.000417. The molecule has 0 fully saturated rings. The number of amides is 2. The monoisotopic (exact) mass is 704 g/mol. The number of para-hydroxylation sites is 1. The van der Waals surface area contributed by atoms with Crippen LogP contribution in [0.25, 0.3) is 0 Å². The number of carbonyl (C=O) groups excluding carboxylic acids is 2. The van der Waals surface area contributed by atoms with Gasteiger partial charge in [-0.2, -0.15) is 35.1 Å². The molecule has 0 saturated carbocycles. The third-order valence-electron chi connectivity index (χ3n) is 6.07. The number of anilines is 2. The Morgan fingerprint density at radius 2 is 1.55 bits per heavy atom. The minimum atomic E-state index is -6.57. The van der Waals surface area contributed by atoms with E-state index in [9.17, 15) is 53.5 Å². The molecule has 0 aromatic heterocycles. The Hall–Kier alpha value is -4.02. The number of rotatable bonds is 9. The highest BCUT2D eigenvalue weighted by Crippen LogP contribution is 2.55. The maximum Gasteiger partial charge on any atom is 0.435 e. The zero-order valence-electron chi connectivity index (χ0n) is 22.2. The van der Waals surface area contributed by atoms with Crippen LogP contribution in [0.1, 0.15) is 33.2 Å². The van der Waals surface area contributed by atoms with Gasteiger partial charge in [-0.05, 0) is 71.4 Å². The number of carbonyl (C=O) groups is 2. The number of nitrogens with zero attached hydrogens (tertiary/aromatic N) is 1. The van der Waals surface area contributed by atoms with Crippen LogP contribution in [-0.4, -0.2) is 44.4 Å². The predicted molar refractivity (Wildman–Crippen MR) is 140 cm³/mol. The van der Waals surface area contributed by atoms with E-state index in [2.05, 4.69) is 20.7 Å². The lowest BCUT2D eigenvalue weighted by Crippen LogP contribution is -2.50. The SMILES string of the molecule is CCN(C(=O)c1ccc(F)cc1)c1cccc(C(=O)Nc2c(Br)cc(C(F)(C(F)(F)F)C(F)(F)F)cc2OC(F)F)c1OC. The minimum Gasteiger partial charge on any atom is -0.494 e. The van der Waals surface area contributed by atoms with Gasteiger partial charge >= 0.3 is 24.6 Å². The summed E-state index contributed by atoms with van der Waals surface area (Å²) in [6, 6.07) is 8.03. The van der Waals surface area contributed by atoms with Gasteiger partial charge in [0.1, 0.15) is 5.82 Å². The Morgan fingerprint density at radius 3 is 2.05 bits per heavy atom. The van der Waals surface area contributed by atoms with E-state index in [4.69, 9.17) is 4.74 Å². The summed E-state index contributed by atoms with van der Waals surface area (Å²) in [4.78, 5) is 27.6. The van der Waals surface area contributed by atoms with Crippen LogP contribution in [0, 0.1) is 5.82 Å². The highest BCUT2D eigenvalue weighted by molar-refractivity contribution is 9.10. The first-order valence-electron chi connectivity index (χ1n) is 12.0. The molecule has 0 unspecified atom stereocenters. The molecule has 0 atom stereocenters. The van der Waals surface area contributed by atoms with Crippen molar-refractivity contribution in [2.24, 2.45) is 0 Å². The first-order chi connectivity index (χ1) is 20.4. The summed E-state index contributed by atoms with van der Waals surface area (Å²) in [6.07, 6.45) is -13.1. The highest BCUT2D eigenvalue weighted by atomic mass is 79.9. The fourth-order valence-corrected chi connectivity index (χ4v) is 4.60. The van der Waals surface area contributed by atoms with Crippen LogP contribution >= 0.6 is 15.9 Å². The van der Waals surface area contributed by atoms with Crippen molar-refractivity contribution in [1.29, 1.82) is 0 Å². The quantitative estimate of drug-likeness (QED) is 0.227. The molecule has 44 heavy (non-hydrogen) atoms. The number of hydrogen-bond donors (Lipinski definition) is 1. The largest absolute Gasteiger partial charge is 0.494 e. The Labute approximate surface area is 250 Å². The molecular formula is C27H19BrF10N2O4. The standard InChI is InChI=1S/C27H19BrF10N2O4/c1-3-40(23(42)13-7-9-15(29)10-8-13)18-6-4-5-16(21(18)43-2)22(41)39-20-17(28)11-14(12-19(20)44-24(30)31)25(32,26(33,34)35)27(36,37)38/h4-12,24H,3H2,1-2H3,(H,39,41). The first-order valence-corrected chi connectivity index (χ1v) is 12.8. The fraction of sp³-hybridized carbons (Fsp3) is 0.259. The summed E-state index contributed by atoms with van der Waals surface area (Å²) in [7, 11) is 1.11. The number of methoxy groups -OCH3 is 1. The van der Waals surface area contributed by atoms with Crippen molar-refractivity contribution in [2.45, 2.75) is 31.6 Å². The van der Waals surface area contributed by atoms with Crippen molar-refractivity contribution in [1.82, 2.24) is 0 Å². The van der Waals surface area contributed by atoms with Crippen molar-refractivity contribution in [3.05, 3.63) is 81.6 Å². The second-order valence-electron chi connectivity index (χ2n) is 8.73. The molecule has 3 aromatic rings. The highest BCUT2D eigenvalue weighted by Gasteiger charge is 2.73. The Balaban J connectivity index is 2.11. The average Bonchev–Trinajstić information content (AvgIpc) is 2.93. The van der Waals surface area contributed by atoms with Gasteiger partial charge in [0.15, 0.2) is 11.5 Å². The van der Waals surface area contributed by atoms with Crippen LogP contribution in [0.4, 0.5) is 55.3 Å². The van der Waals surface area contributed by atoms with Gasteiger partial charge in [-0.15, -0.1) is 0 Å². The van der Waals surface area contributed by atoms with Crippen molar-refractivity contribution >= 4 is 39.1 Å². The zero-order valence-corrected chi connectivity index (χ0v) is 23.8. The summed E-state index contributed by atoms with van der Waals surface area (Å²) in [5.41, 5.74) is -9.34. The number of benzene rings is 3. The Kier molecular flexibility index (Phi) is 10.1. The van der Waals surface area contributed by atoms with Gasteiger partial charge in [0.2, 0.25) is 0 Å². The first kappa shape index (κ1) is 34.5. The van der Waals surface area contributed by atoms with Crippen molar-refractivity contribution in [2.75, 3.05) is 23.9 Å². The molecule has 0 aliphatic heterocycles. The van der Waals surface area contributed by atoms with Crippen LogP contribution in [0.2, 0.25) is 0 Å². The summed E-state index contributed by atoms with van der Waals surface area (Å²) in [6.45, 7) is -2.26. The molecule has 0 heterocycles. The second-order valence-corrected chi connectivity index (χ2v) is 9.59. The van der Waals surface area contributed by atoms with Crippen LogP contribution in [-0.2, 0) is 5.67 Å². The molecule has 2 amide bonds. The maximum absolute atomic E-state index is 14.7. The van der Waals surface area contributed by atoms with E-state index in [-0.39, 0.29) is 41.2 Å². The molecule has 0 radical (unpaired) electrons. The van der Waals surface area contributed by atoms with Gasteiger partial charge in [0.25, 0.3) is 11.8 Å². The molecule has 1 N–H and O–H groups in total. The molecule has 0 aliphatic carbocycles. The predicted octanol–water partition coefficient (Wildman–Crippen LogP) is 8.41. The molecule has 238 valence electrons. The molecular weight excluding hydrogens is 686 g/mol. The van der Waals surface area contributed by atoms with E-state index in [1.54, 1.807) is 6.92 Å². The van der Waals surface area contributed by atoms with Gasteiger partial charge in [0.05, 0.1) is 24.0 Å². The number of ether oxygens (including phenoxy) is 2. The summed E-state index contributed by atoms with van der Waals surface area (Å²) in [5, 5.41) is 2.03. The van der Waals surface area contributed by atoms with Crippen LogP contribution in [0.5, 0.6) is 11.5 Å². The summed E-state index contributed by atoms with van der Waals surface area (Å²) >= 11 is 2.60. The zero-order chi connectivity index (χ0) is 33.2. The van der Waals surface area contributed by atoms with Gasteiger partial charge in [-0.1, -0.05) is 6.07 Å². The van der Waals surface area contributed by atoms with Crippen molar-refractivity contribution < 1.29 is 63.0 Å². The average molecular weight is 705 g/mol. The Morgan fingerprint density at radius 1 is 0.955 bits per heavy atom. The fourth-order valence-electron chi connectivity index (χ4n) is 4.06. The van der Waals surface area contributed by atoms with E-state index in [0.717, 1.165) is 30.2 Å². The topological polar surface area (TPSA) is 67.9 Å². The third-order valence-corrected chi connectivity index (χ3v) is 6.70. The molecule has 0 bridgehead atoms. The van der Waals surface area contributed by atoms with E-state index >= 15 is 0 Å². The summed E-state index contributed by atoms with van der Waals surface area (Å²) in [5.74, 6) is -4.16. The number of nitrogens with one attached hydrogen (secondary N) is 1. The van der Waals surface area contributed by atoms with Crippen molar-refractivity contribution in [3.63, 3.8) is 0 Å². The number of hydrogen-bond acceptors (Lipinski definition) is 4. The van der Waals surface area contributed by atoms with Gasteiger partial charge < -0.3 is 19.7 Å². The lowest BCUT2D eigenvalue weighted by Gasteiger charge is -2.31. The lowest BCUT2D eigenvalue weighted by atomic mass is 9.93. The van der Waals surface area contributed by atoms with Gasteiger partial charge in [-0.3, -0.25) is 9.59 Å². The number of alkyl halides is 9. The van der Waals surface area contributed by atoms with E-state index < -0.39 is 63.7 Å². The number of halogens is 11. The molecule has 0 spiro atoms. The molecule has 3 aromatic carbocycles. The molecule has 6 nitrogen and oxygen atoms in total. The Bertz CT molecular complexity index is 1510.